The highest BCUT2D eigenvalue weighted by molar-refractivity contribution is 6.31. The summed E-state index contributed by atoms with van der Waals surface area (Å²) in [7, 11) is 0. The van der Waals surface area contributed by atoms with Gasteiger partial charge in [-0.2, -0.15) is 5.26 Å². The SMILES string of the molecule is N#Cc1ccc(COCC2(N)CCCCC2)c(Cl)c1. The first-order chi connectivity index (χ1) is 9.13. The third-order valence-electron chi connectivity index (χ3n) is 3.68. The summed E-state index contributed by atoms with van der Waals surface area (Å²) in [5.41, 5.74) is 7.61. The Balaban J connectivity index is 1.87. The number of nitrogens with two attached hydrogens (primary N) is 1. The summed E-state index contributed by atoms with van der Waals surface area (Å²) in [6.07, 6.45) is 5.73. The van der Waals surface area contributed by atoms with Crippen LogP contribution in [0.4, 0.5) is 0 Å². The first-order valence-corrected chi connectivity index (χ1v) is 7.06. The van der Waals surface area contributed by atoms with Gasteiger partial charge in [0.1, 0.15) is 0 Å². The number of hydrogen-bond donors (Lipinski definition) is 1. The molecule has 2 N–H and O–H groups in total. The third-order valence-corrected chi connectivity index (χ3v) is 4.03. The molecule has 3 nitrogen and oxygen atoms in total. The van der Waals surface area contributed by atoms with Gasteiger partial charge in [0.2, 0.25) is 0 Å². The van der Waals surface area contributed by atoms with Gasteiger partial charge in [-0.15, -0.1) is 0 Å². The lowest BCUT2D eigenvalue weighted by atomic mass is 9.83. The quantitative estimate of drug-likeness (QED) is 0.918. The molecule has 1 aromatic carbocycles. The molecule has 0 spiro atoms. The summed E-state index contributed by atoms with van der Waals surface area (Å²) in [6, 6.07) is 7.32. The van der Waals surface area contributed by atoms with Crippen molar-refractivity contribution in [3.05, 3.63) is 34.3 Å². The molecule has 1 saturated carbocycles. The van der Waals surface area contributed by atoms with Crippen molar-refractivity contribution in [3.63, 3.8) is 0 Å². The van der Waals surface area contributed by atoms with Crippen LogP contribution in [-0.4, -0.2) is 12.1 Å². The van der Waals surface area contributed by atoms with Gasteiger partial charge in [0.15, 0.2) is 0 Å². The van der Waals surface area contributed by atoms with Gasteiger partial charge in [-0.3, -0.25) is 0 Å². The minimum atomic E-state index is -0.169. The minimum Gasteiger partial charge on any atom is -0.375 e. The Bertz CT molecular complexity index is 476. The van der Waals surface area contributed by atoms with E-state index in [1.54, 1.807) is 12.1 Å². The fourth-order valence-corrected chi connectivity index (χ4v) is 2.73. The van der Waals surface area contributed by atoms with Gasteiger partial charge in [0.05, 0.1) is 24.8 Å². The number of rotatable bonds is 4. The molecule has 0 unspecified atom stereocenters. The molecule has 19 heavy (non-hydrogen) atoms. The second-order valence-electron chi connectivity index (χ2n) is 5.33. The van der Waals surface area contributed by atoms with E-state index in [0.29, 0.717) is 23.8 Å². The lowest BCUT2D eigenvalue weighted by Crippen LogP contribution is -2.46. The predicted octanol–water partition coefficient (Wildman–Crippen LogP) is 3.39. The molecular formula is C15H19ClN2O. The van der Waals surface area contributed by atoms with Crippen molar-refractivity contribution in [2.75, 3.05) is 6.61 Å². The van der Waals surface area contributed by atoms with Crippen molar-refractivity contribution in [1.29, 1.82) is 5.26 Å². The number of hydrogen-bond acceptors (Lipinski definition) is 3. The van der Waals surface area contributed by atoms with Crippen molar-refractivity contribution >= 4 is 11.6 Å². The van der Waals surface area contributed by atoms with E-state index in [1.807, 2.05) is 6.07 Å². The predicted molar refractivity (Wildman–Crippen MR) is 75.8 cm³/mol. The zero-order valence-corrected chi connectivity index (χ0v) is 11.7. The Labute approximate surface area is 119 Å². The van der Waals surface area contributed by atoms with Crippen LogP contribution in [0.1, 0.15) is 43.2 Å². The molecule has 102 valence electrons. The molecule has 1 aliphatic rings. The molecule has 0 bridgehead atoms. The Morgan fingerprint density at radius 2 is 2.05 bits per heavy atom. The topological polar surface area (TPSA) is 59.0 Å². The summed E-state index contributed by atoms with van der Waals surface area (Å²) >= 11 is 6.10. The zero-order chi connectivity index (χ0) is 13.7. The van der Waals surface area contributed by atoms with Gasteiger partial charge >= 0.3 is 0 Å². The lowest BCUT2D eigenvalue weighted by Gasteiger charge is -2.33. The Hall–Kier alpha value is -1.08. The fraction of sp³-hybridized carbons (Fsp3) is 0.533. The lowest BCUT2D eigenvalue weighted by molar-refractivity contribution is 0.0575. The van der Waals surface area contributed by atoms with Crippen molar-refractivity contribution in [1.82, 2.24) is 0 Å². The highest BCUT2D eigenvalue weighted by Crippen LogP contribution is 2.26. The van der Waals surface area contributed by atoms with Crippen LogP contribution in [0.25, 0.3) is 0 Å². The Kier molecular flexibility index (Phi) is 4.81. The van der Waals surface area contributed by atoms with Crippen LogP contribution in [0.15, 0.2) is 18.2 Å². The second-order valence-corrected chi connectivity index (χ2v) is 5.74. The van der Waals surface area contributed by atoms with Crippen LogP contribution in [0.3, 0.4) is 0 Å². The maximum atomic E-state index is 8.78. The van der Waals surface area contributed by atoms with E-state index in [9.17, 15) is 0 Å². The molecule has 0 aliphatic heterocycles. The van der Waals surface area contributed by atoms with Crippen molar-refractivity contribution in [2.24, 2.45) is 5.73 Å². The Morgan fingerprint density at radius 1 is 1.32 bits per heavy atom. The smallest absolute Gasteiger partial charge is 0.0992 e. The summed E-state index contributed by atoms with van der Waals surface area (Å²) in [6.45, 7) is 1.02. The average molecular weight is 279 g/mol. The molecule has 0 amide bonds. The molecule has 0 atom stereocenters. The molecule has 0 heterocycles. The van der Waals surface area contributed by atoms with E-state index >= 15 is 0 Å². The van der Waals surface area contributed by atoms with Crippen LogP contribution in [-0.2, 0) is 11.3 Å². The van der Waals surface area contributed by atoms with Gasteiger partial charge < -0.3 is 10.5 Å². The zero-order valence-electron chi connectivity index (χ0n) is 11.0. The van der Waals surface area contributed by atoms with Crippen LogP contribution < -0.4 is 5.73 Å². The summed E-state index contributed by atoms with van der Waals surface area (Å²) in [5, 5.41) is 9.35. The first kappa shape index (κ1) is 14.3. The van der Waals surface area contributed by atoms with E-state index in [4.69, 9.17) is 27.3 Å². The van der Waals surface area contributed by atoms with Gasteiger partial charge in [-0.05, 0) is 30.5 Å². The van der Waals surface area contributed by atoms with E-state index < -0.39 is 0 Å². The number of nitriles is 1. The summed E-state index contributed by atoms with van der Waals surface area (Å²) in [4.78, 5) is 0. The van der Waals surface area contributed by atoms with Crippen molar-refractivity contribution in [2.45, 2.75) is 44.2 Å². The maximum absolute atomic E-state index is 8.78. The highest BCUT2D eigenvalue weighted by atomic mass is 35.5. The van der Waals surface area contributed by atoms with E-state index in [2.05, 4.69) is 6.07 Å². The molecule has 0 aromatic heterocycles. The molecule has 1 fully saturated rings. The monoisotopic (exact) mass is 278 g/mol. The van der Waals surface area contributed by atoms with E-state index in [-0.39, 0.29) is 5.54 Å². The molecule has 1 aliphatic carbocycles. The number of halogens is 1. The van der Waals surface area contributed by atoms with Crippen LogP contribution >= 0.6 is 11.6 Å². The van der Waals surface area contributed by atoms with E-state index in [0.717, 1.165) is 18.4 Å². The first-order valence-electron chi connectivity index (χ1n) is 6.68. The summed E-state index contributed by atoms with van der Waals surface area (Å²) < 4.78 is 5.72. The number of benzene rings is 1. The normalized spacial score (nSPS) is 17.9. The summed E-state index contributed by atoms with van der Waals surface area (Å²) in [5.74, 6) is 0. The maximum Gasteiger partial charge on any atom is 0.0992 e. The highest BCUT2D eigenvalue weighted by Gasteiger charge is 2.27. The van der Waals surface area contributed by atoms with Crippen LogP contribution in [0.5, 0.6) is 0 Å². The van der Waals surface area contributed by atoms with Gasteiger partial charge in [0.25, 0.3) is 0 Å². The van der Waals surface area contributed by atoms with E-state index in [1.165, 1.54) is 19.3 Å². The van der Waals surface area contributed by atoms with Gasteiger partial charge in [-0.25, -0.2) is 0 Å². The largest absolute Gasteiger partial charge is 0.375 e. The average Bonchev–Trinajstić information content (AvgIpc) is 2.41. The molecule has 4 heteroatoms. The van der Waals surface area contributed by atoms with Gasteiger partial charge in [0, 0.05) is 10.6 Å². The Morgan fingerprint density at radius 3 is 2.68 bits per heavy atom. The third kappa shape index (κ3) is 3.94. The number of nitrogens with zero attached hydrogens (tertiary/aromatic N) is 1. The van der Waals surface area contributed by atoms with Crippen LogP contribution in [0, 0.1) is 11.3 Å². The fourth-order valence-electron chi connectivity index (χ4n) is 2.50. The second kappa shape index (κ2) is 6.38. The minimum absolute atomic E-state index is 0.169. The molecular weight excluding hydrogens is 260 g/mol. The van der Waals surface area contributed by atoms with Crippen molar-refractivity contribution < 1.29 is 4.74 Å². The molecule has 0 saturated heterocycles. The molecule has 2 rings (SSSR count). The standard InChI is InChI=1S/C15H19ClN2O/c16-14-8-12(9-17)4-5-13(14)10-19-11-15(18)6-2-1-3-7-15/h4-5,8H,1-3,6-7,10-11,18H2. The molecule has 0 radical (unpaired) electrons. The molecule has 1 aromatic rings. The van der Waals surface area contributed by atoms with Gasteiger partial charge in [-0.1, -0.05) is 36.9 Å². The van der Waals surface area contributed by atoms with Crippen LogP contribution in [0.2, 0.25) is 5.02 Å². The number of ether oxygens (including phenoxy) is 1. The van der Waals surface area contributed by atoms with Crippen molar-refractivity contribution in [3.8, 4) is 6.07 Å².